The molecule has 1 aromatic carbocycles. The molecule has 0 spiro atoms. The molecule has 0 saturated heterocycles. The van der Waals surface area contributed by atoms with Crippen LogP contribution in [0.4, 0.5) is 0 Å². The van der Waals surface area contributed by atoms with Crippen molar-refractivity contribution in [1.29, 1.82) is 0 Å². The first-order valence-corrected chi connectivity index (χ1v) is 8.24. The molecule has 0 heterocycles. The Hall–Kier alpha value is -1.51. The highest BCUT2D eigenvalue weighted by molar-refractivity contribution is 5.75. The molecule has 124 valence electrons. The second-order valence-electron chi connectivity index (χ2n) is 6.59. The molecule has 3 heteroatoms. The van der Waals surface area contributed by atoms with Gasteiger partial charge in [0.25, 0.3) is 0 Å². The molecule has 0 aliphatic heterocycles. The molecule has 0 bridgehead atoms. The summed E-state index contributed by atoms with van der Waals surface area (Å²) in [5.74, 6) is 0.830. The zero-order valence-corrected chi connectivity index (χ0v) is 14.7. The minimum absolute atomic E-state index is 0.104. The van der Waals surface area contributed by atoms with Gasteiger partial charge in [-0.3, -0.25) is 4.79 Å². The van der Waals surface area contributed by atoms with Crippen molar-refractivity contribution in [3.63, 3.8) is 0 Å². The first-order valence-electron chi connectivity index (χ1n) is 8.24. The van der Waals surface area contributed by atoms with Gasteiger partial charge in [-0.05, 0) is 64.2 Å². The SMILES string of the molecule is CCCCOC(=O)C(C)(C)CCCOc1cc(C)ccc1C. The fraction of sp³-hybridized carbons (Fsp3) is 0.632. The number of carbonyl (C=O) groups excluding carboxylic acids is 1. The van der Waals surface area contributed by atoms with Gasteiger partial charge in [-0.25, -0.2) is 0 Å². The molecule has 0 fully saturated rings. The zero-order chi connectivity index (χ0) is 16.6. The summed E-state index contributed by atoms with van der Waals surface area (Å²) < 4.78 is 11.2. The lowest BCUT2D eigenvalue weighted by atomic mass is 9.88. The lowest BCUT2D eigenvalue weighted by molar-refractivity contribution is -0.154. The Bertz CT molecular complexity index is 478. The third-order valence-corrected chi connectivity index (χ3v) is 3.83. The summed E-state index contributed by atoms with van der Waals surface area (Å²) in [4.78, 5) is 12.0. The van der Waals surface area contributed by atoms with E-state index in [0.717, 1.165) is 37.0 Å². The van der Waals surface area contributed by atoms with Crippen molar-refractivity contribution >= 4 is 5.97 Å². The fourth-order valence-electron chi connectivity index (χ4n) is 2.17. The highest BCUT2D eigenvalue weighted by atomic mass is 16.5. The van der Waals surface area contributed by atoms with Crippen molar-refractivity contribution in [2.75, 3.05) is 13.2 Å². The minimum atomic E-state index is -0.446. The summed E-state index contributed by atoms with van der Waals surface area (Å²) in [6.07, 6.45) is 3.57. The van der Waals surface area contributed by atoms with Crippen LogP contribution in [0, 0.1) is 19.3 Å². The lowest BCUT2D eigenvalue weighted by Crippen LogP contribution is -2.27. The first-order chi connectivity index (χ1) is 10.4. The maximum Gasteiger partial charge on any atom is 0.311 e. The monoisotopic (exact) mass is 306 g/mol. The van der Waals surface area contributed by atoms with E-state index < -0.39 is 5.41 Å². The van der Waals surface area contributed by atoms with Crippen LogP contribution in [-0.2, 0) is 9.53 Å². The molecule has 0 atom stereocenters. The van der Waals surface area contributed by atoms with Crippen molar-refractivity contribution in [3.8, 4) is 5.75 Å². The number of hydrogen-bond donors (Lipinski definition) is 0. The summed E-state index contributed by atoms with van der Waals surface area (Å²) in [7, 11) is 0. The molecule has 0 saturated carbocycles. The van der Waals surface area contributed by atoms with Crippen molar-refractivity contribution in [2.24, 2.45) is 5.41 Å². The highest BCUT2D eigenvalue weighted by Gasteiger charge is 2.28. The van der Waals surface area contributed by atoms with Crippen molar-refractivity contribution < 1.29 is 14.3 Å². The van der Waals surface area contributed by atoms with Gasteiger partial charge in [0, 0.05) is 0 Å². The normalized spacial score (nSPS) is 11.3. The quantitative estimate of drug-likeness (QED) is 0.484. The third-order valence-electron chi connectivity index (χ3n) is 3.83. The van der Waals surface area contributed by atoms with Crippen LogP contribution >= 0.6 is 0 Å². The molecule has 0 aliphatic rings. The van der Waals surface area contributed by atoms with Crippen LogP contribution in [-0.4, -0.2) is 19.2 Å². The molecule has 0 aromatic heterocycles. The van der Waals surface area contributed by atoms with E-state index in [2.05, 4.69) is 32.0 Å². The van der Waals surface area contributed by atoms with Gasteiger partial charge in [-0.15, -0.1) is 0 Å². The molecule has 0 unspecified atom stereocenters. The van der Waals surface area contributed by atoms with Gasteiger partial charge in [0.1, 0.15) is 5.75 Å². The predicted octanol–water partition coefficient (Wildman–Crippen LogP) is 4.83. The summed E-state index contributed by atoms with van der Waals surface area (Å²) in [6.45, 7) is 11.2. The number of unbranched alkanes of at least 4 members (excludes halogenated alkanes) is 1. The van der Waals surface area contributed by atoms with Crippen LogP contribution in [0.1, 0.15) is 57.6 Å². The van der Waals surface area contributed by atoms with E-state index in [1.807, 2.05) is 20.8 Å². The topological polar surface area (TPSA) is 35.5 Å². The van der Waals surface area contributed by atoms with Crippen molar-refractivity contribution in [1.82, 2.24) is 0 Å². The van der Waals surface area contributed by atoms with Gasteiger partial charge in [0.15, 0.2) is 0 Å². The number of hydrogen-bond acceptors (Lipinski definition) is 3. The van der Waals surface area contributed by atoms with Crippen LogP contribution < -0.4 is 4.74 Å². The van der Waals surface area contributed by atoms with Crippen molar-refractivity contribution in [3.05, 3.63) is 29.3 Å². The van der Waals surface area contributed by atoms with Gasteiger partial charge in [-0.2, -0.15) is 0 Å². The molecular weight excluding hydrogens is 276 g/mol. The Kier molecular flexibility index (Phi) is 7.43. The Morgan fingerprint density at radius 1 is 1.14 bits per heavy atom. The molecule has 1 aromatic rings. The number of rotatable bonds is 9. The zero-order valence-electron chi connectivity index (χ0n) is 14.7. The van der Waals surface area contributed by atoms with Crippen LogP contribution in [0.2, 0.25) is 0 Å². The minimum Gasteiger partial charge on any atom is -0.493 e. The van der Waals surface area contributed by atoms with Gasteiger partial charge < -0.3 is 9.47 Å². The van der Waals surface area contributed by atoms with E-state index in [1.54, 1.807) is 0 Å². The third kappa shape index (κ3) is 6.08. The first kappa shape index (κ1) is 18.5. The second kappa shape index (κ2) is 8.82. The molecule has 0 amide bonds. The predicted molar refractivity (Wildman–Crippen MR) is 90.3 cm³/mol. The molecule has 3 nitrogen and oxygen atoms in total. The number of carbonyl (C=O) groups is 1. The average Bonchev–Trinajstić information content (AvgIpc) is 2.47. The van der Waals surface area contributed by atoms with Crippen LogP contribution in [0.15, 0.2) is 18.2 Å². The molecule has 0 N–H and O–H groups in total. The van der Waals surface area contributed by atoms with Gasteiger partial charge in [-0.1, -0.05) is 25.5 Å². The molecule has 0 radical (unpaired) electrons. The van der Waals surface area contributed by atoms with E-state index in [0.29, 0.717) is 13.2 Å². The largest absolute Gasteiger partial charge is 0.493 e. The summed E-state index contributed by atoms with van der Waals surface area (Å²) in [5.41, 5.74) is 1.89. The Morgan fingerprint density at radius 3 is 2.55 bits per heavy atom. The number of esters is 1. The van der Waals surface area contributed by atoms with E-state index in [1.165, 1.54) is 5.56 Å². The lowest BCUT2D eigenvalue weighted by Gasteiger charge is -2.22. The summed E-state index contributed by atoms with van der Waals surface area (Å²) >= 11 is 0. The van der Waals surface area contributed by atoms with Crippen LogP contribution in [0.5, 0.6) is 5.75 Å². The Labute approximate surface area is 135 Å². The number of benzene rings is 1. The van der Waals surface area contributed by atoms with Gasteiger partial charge in [0.2, 0.25) is 0 Å². The molecule has 22 heavy (non-hydrogen) atoms. The average molecular weight is 306 g/mol. The maximum absolute atomic E-state index is 12.0. The van der Waals surface area contributed by atoms with E-state index >= 15 is 0 Å². The Morgan fingerprint density at radius 2 is 1.86 bits per heavy atom. The fourth-order valence-corrected chi connectivity index (χ4v) is 2.17. The van der Waals surface area contributed by atoms with Crippen LogP contribution in [0.3, 0.4) is 0 Å². The number of aryl methyl sites for hydroxylation is 2. The van der Waals surface area contributed by atoms with Gasteiger partial charge in [0.05, 0.1) is 18.6 Å². The standard InChI is InChI=1S/C19H30O3/c1-6-7-12-22-18(20)19(4,5)11-8-13-21-17-14-15(2)9-10-16(17)3/h9-10,14H,6-8,11-13H2,1-5H3. The number of ether oxygens (including phenoxy) is 2. The summed E-state index contributed by atoms with van der Waals surface area (Å²) in [5, 5.41) is 0. The molecule has 1 rings (SSSR count). The van der Waals surface area contributed by atoms with E-state index in [4.69, 9.17) is 9.47 Å². The second-order valence-corrected chi connectivity index (χ2v) is 6.59. The van der Waals surface area contributed by atoms with E-state index in [9.17, 15) is 4.79 Å². The van der Waals surface area contributed by atoms with Crippen LogP contribution in [0.25, 0.3) is 0 Å². The maximum atomic E-state index is 12.0. The smallest absolute Gasteiger partial charge is 0.311 e. The van der Waals surface area contributed by atoms with Crippen molar-refractivity contribution in [2.45, 2.75) is 60.3 Å². The summed E-state index contributed by atoms with van der Waals surface area (Å²) in [6, 6.07) is 6.21. The van der Waals surface area contributed by atoms with Gasteiger partial charge >= 0.3 is 5.97 Å². The Balaban J connectivity index is 2.36. The molecule has 0 aliphatic carbocycles. The molecular formula is C19H30O3. The highest BCUT2D eigenvalue weighted by Crippen LogP contribution is 2.25. The van der Waals surface area contributed by atoms with E-state index in [-0.39, 0.29) is 5.97 Å².